The second kappa shape index (κ2) is 5.58. The largest absolute Gasteiger partial charge is 0.484 e. The van der Waals surface area contributed by atoms with Gasteiger partial charge in [-0.25, -0.2) is 0 Å². The fraction of sp³-hybridized carbons (Fsp3) is 0.375. The van der Waals surface area contributed by atoms with Crippen molar-refractivity contribution < 1.29 is 14.6 Å². The van der Waals surface area contributed by atoms with E-state index in [1.54, 1.807) is 19.1 Å². The molecule has 1 aliphatic heterocycles. The third-order valence-electron chi connectivity index (χ3n) is 4.24. The highest BCUT2D eigenvalue weighted by molar-refractivity contribution is 9.10. The highest BCUT2D eigenvalue weighted by atomic mass is 79.9. The van der Waals surface area contributed by atoms with Crippen molar-refractivity contribution in [2.24, 2.45) is 0 Å². The van der Waals surface area contributed by atoms with Crippen LogP contribution in [0, 0.1) is 4.64 Å². The van der Waals surface area contributed by atoms with Crippen molar-refractivity contribution in [2.75, 3.05) is 0 Å². The summed E-state index contributed by atoms with van der Waals surface area (Å²) in [6, 6.07) is 9.01. The first kappa shape index (κ1) is 16.4. The Morgan fingerprint density at radius 1 is 1.30 bits per heavy atom. The van der Waals surface area contributed by atoms with Gasteiger partial charge in [0.2, 0.25) is 5.88 Å². The molecule has 0 spiro atoms. The number of aromatic amines is 1. The topological polar surface area (TPSA) is 67.4 Å². The van der Waals surface area contributed by atoms with Gasteiger partial charge in [-0.05, 0) is 45.0 Å². The van der Waals surface area contributed by atoms with Crippen LogP contribution in [0.2, 0.25) is 0 Å². The van der Waals surface area contributed by atoms with Crippen LogP contribution < -0.4 is 9.47 Å². The molecule has 0 bridgehead atoms. The average molecular weight is 397 g/mol. The maximum atomic E-state index is 11.1. The van der Waals surface area contributed by atoms with E-state index < -0.39 is 17.3 Å². The van der Waals surface area contributed by atoms with E-state index in [0.29, 0.717) is 16.3 Å². The molecule has 1 aromatic heterocycles. The van der Waals surface area contributed by atoms with Crippen LogP contribution in [-0.2, 0) is 0 Å². The maximum absolute atomic E-state index is 11.1. The lowest BCUT2D eigenvalue weighted by Crippen LogP contribution is -2.59. The number of nitrogens with one attached hydrogen (secondary N) is 1. The van der Waals surface area contributed by atoms with Crippen LogP contribution in [0.25, 0.3) is 0 Å². The Balaban J connectivity index is 2.09. The molecule has 2 aromatic rings. The summed E-state index contributed by atoms with van der Waals surface area (Å²) in [5.41, 5.74) is -1.34. The second-order valence-corrected chi connectivity index (χ2v) is 7.55. The molecule has 3 rings (SSSR count). The molecular weight excluding hydrogens is 380 g/mol. The van der Waals surface area contributed by atoms with Crippen LogP contribution in [0.5, 0.6) is 11.6 Å². The number of rotatable bonds is 2. The highest BCUT2D eigenvalue weighted by Crippen LogP contribution is 2.48. The molecule has 2 N–H and O–H groups in total. The van der Waals surface area contributed by atoms with E-state index in [-0.39, 0.29) is 0 Å². The Kier molecular flexibility index (Phi) is 3.98. The quantitative estimate of drug-likeness (QED) is 0.752. The normalized spacial score (nSPS) is 25.3. The first-order valence-corrected chi connectivity index (χ1v) is 8.34. The van der Waals surface area contributed by atoms with Crippen molar-refractivity contribution >= 4 is 28.1 Å². The van der Waals surface area contributed by atoms with Gasteiger partial charge >= 0.3 is 0 Å². The Morgan fingerprint density at radius 2 is 2.04 bits per heavy atom. The Bertz CT molecular complexity index is 784. The molecule has 0 saturated carbocycles. The summed E-state index contributed by atoms with van der Waals surface area (Å²) < 4.78 is 13.4. The van der Waals surface area contributed by atoms with Gasteiger partial charge in [-0.1, -0.05) is 28.1 Å². The number of halogens is 1. The summed E-state index contributed by atoms with van der Waals surface area (Å²) in [4.78, 5) is 0. The number of nitrogens with zero attached hydrogens (tertiary/aromatic N) is 1. The molecule has 0 radical (unpaired) electrons. The van der Waals surface area contributed by atoms with Crippen molar-refractivity contribution in [2.45, 2.75) is 38.1 Å². The van der Waals surface area contributed by atoms with Crippen molar-refractivity contribution in [3.05, 3.63) is 45.0 Å². The highest BCUT2D eigenvalue weighted by Gasteiger charge is 2.54. The molecular formula is C16H17BrN2O3S. The van der Waals surface area contributed by atoms with Gasteiger partial charge in [0.1, 0.15) is 21.6 Å². The van der Waals surface area contributed by atoms with Gasteiger partial charge in [0, 0.05) is 16.1 Å². The molecule has 0 aliphatic carbocycles. The Labute approximate surface area is 147 Å². The fourth-order valence-corrected chi connectivity index (χ4v) is 3.00. The predicted molar refractivity (Wildman–Crippen MR) is 92.3 cm³/mol. The van der Waals surface area contributed by atoms with Crippen LogP contribution >= 0.6 is 28.1 Å². The number of fused-ring (bicyclic) bond motifs is 1. The third-order valence-corrected chi connectivity index (χ3v) is 4.96. The number of hydrogen-bond donors (Lipinski definition) is 2. The summed E-state index contributed by atoms with van der Waals surface area (Å²) in [6.07, 6.45) is -0.643. The van der Waals surface area contributed by atoms with Gasteiger partial charge in [-0.15, -0.1) is 5.10 Å². The van der Waals surface area contributed by atoms with E-state index in [1.165, 1.54) is 0 Å². The molecule has 2 atom stereocenters. The van der Waals surface area contributed by atoms with Gasteiger partial charge < -0.3 is 14.6 Å². The van der Waals surface area contributed by atoms with Crippen molar-refractivity contribution in [1.82, 2.24) is 10.2 Å². The predicted octanol–water partition coefficient (Wildman–Crippen LogP) is 3.94. The van der Waals surface area contributed by atoms with Crippen molar-refractivity contribution in [3.8, 4) is 11.6 Å². The number of aliphatic hydroxyl groups is 1. The molecule has 1 aliphatic rings. The molecule has 2 unspecified atom stereocenters. The maximum Gasteiger partial charge on any atom is 0.231 e. The van der Waals surface area contributed by atoms with Crippen LogP contribution in [0.1, 0.15) is 32.4 Å². The van der Waals surface area contributed by atoms with E-state index in [4.69, 9.17) is 21.7 Å². The monoisotopic (exact) mass is 396 g/mol. The van der Waals surface area contributed by atoms with Crippen LogP contribution in [0.3, 0.4) is 0 Å². The van der Waals surface area contributed by atoms with Gasteiger partial charge in [0.05, 0.1) is 0 Å². The molecule has 2 heterocycles. The fourth-order valence-electron chi connectivity index (χ4n) is 2.51. The number of H-pyrrole nitrogens is 1. The lowest BCUT2D eigenvalue weighted by molar-refractivity contribution is -0.175. The zero-order valence-electron chi connectivity index (χ0n) is 13.0. The zero-order chi connectivity index (χ0) is 16.8. The minimum absolute atomic E-state index is 0.354. The second-order valence-electron chi connectivity index (χ2n) is 6.20. The van der Waals surface area contributed by atoms with E-state index in [2.05, 4.69) is 26.1 Å². The third kappa shape index (κ3) is 2.88. The molecule has 0 fully saturated rings. The SMILES string of the molecule is CC1(C)Oc2ccc(Br)cc2C(Oc2ccc(=S)[nH]n2)C1(C)O. The van der Waals surface area contributed by atoms with Crippen molar-refractivity contribution in [1.29, 1.82) is 0 Å². The van der Waals surface area contributed by atoms with Crippen LogP contribution in [-0.4, -0.2) is 26.5 Å². The number of benzene rings is 1. The Morgan fingerprint density at radius 3 is 2.70 bits per heavy atom. The minimum Gasteiger partial charge on any atom is -0.484 e. The first-order chi connectivity index (χ1) is 10.7. The van der Waals surface area contributed by atoms with Crippen molar-refractivity contribution in [3.63, 3.8) is 0 Å². The van der Waals surface area contributed by atoms with Crippen LogP contribution in [0.4, 0.5) is 0 Å². The van der Waals surface area contributed by atoms with E-state index in [1.807, 2.05) is 32.0 Å². The number of aromatic nitrogens is 2. The van der Waals surface area contributed by atoms with E-state index in [9.17, 15) is 5.11 Å². The summed E-state index contributed by atoms with van der Waals surface area (Å²) in [6.45, 7) is 5.37. The standard InChI is InChI=1S/C16H17BrN2O3S/c1-15(2)16(3,20)14(21-12-6-7-13(23)19-18-12)10-8-9(17)4-5-11(10)22-15/h4-8,14,20H,1-3H3,(H,19,23). The molecule has 23 heavy (non-hydrogen) atoms. The van der Waals surface area contributed by atoms with Crippen LogP contribution in [0.15, 0.2) is 34.8 Å². The Hall–Kier alpha value is -1.44. The van der Waals surface area contributed by atoms with Gasteiger partial charge in [-0.3, -0.25) is 5.10 Å². The molecule has 1 aromatic carbocycles. The molecule has 0 amide bonds. The average Bonchev–Trinajstić information content (AvgIpc) is 2.47. The lowest BCUT2D eigenvalue weighted by Gasteiger charge is -2.48. The lowest BCUT2D eigenvalue weighted by atomic mass is 9.77. The smallest absolute Gasteiger partial charge is 0.231 e. The summed E-state index contributed by atoms with van der Waals surface area (Å²) in [7, 11) is 0. The van der Waals surface area contributed by atoms with Gasteiger partial charge in [0.25, 0.3) is 0 Å². The van der Waals surface area contributed by atoms with Gasteiger partial charge in [-0.2, -0.15) is 0 Å². The molecule has 7 heteroatoms. The minimum atomic E-state index is -1.27. The summed E-state index contributed by atoms with van der Waals surface area (Å²) in [5, 5.41) is 17.8. The van der Waals surface area contributed by atoms with E-state index >= 15 is 0 Å². The molecule has 0 saturated heterocycles. The van der Waals surface area contributed by atoms with E-state index in [0.717, 1.165) is 10.0 Å². The molecule has 5 nitrogen and oxygen atoms in total. The number of ether oxygens (including phenoxy) is 2. The van der Waals surface area contributed by atoms with Gasteiger partial charge in [0.15, 0.2) is 6.10 Å². The number of hydrogen-bond acceptors (Lipinski definition) is 5. The zero-order valence-corrected chi connectivity index (χ0v) is 15.4. The summed E-state index contributed by atoms with van der Waals surface area (Å²) in [5.74, 6) is 1.03. The first-order valence-electron chi connectivity index (χ1n) is 7.14. The molecule has 122 valence electrons. The summed E-state index contributed by atoms with van der Waals surface area (Å²) >= 11 is 8.44.